The van der Waals surface area contributed by atoms with Crippen LogP contribution < -0.4 is 5.32 Å². The van der Waals surface area contributed by atoms with E-state index >= 15 is 0 Å². The Bertz CT molecular complexity index is 603. The molecule has 0 aliphatic heterocycles. The SMILES string of the molecule is CC(C)(C)OC(=O)Nc1ccc(C2(CC(=O)O)CC2)cc1Cl. The first-order valence-electron chi connectivity index (χ1n) is 7.13. The van der Waals surface area contributed by atoms with Crippen LogP contribution in [-0.2, 0) is 14.9 Å². The summed E-state index contributed by atoms with van der Waals surface area (Å²) in [4.78, 5) is 22.7. The van der Waals surface area contributed by atoms with Crippen molar-refractivity contribution in [1.29, 1.82) is 0 Å². The van der Waals surface area contributed by atoms with Gasteiger partial charge in [-0.15, -0.1) is 0 Å². The Morgan fingerprint density at radius 1 is 1.36 bits per heavy atom. The number of halogens is 1. The van der Waals surface area contributed by atoms with E-state index < -0.39 is 17.7 Å². The standard InChI is InChI=1S/C16H20ClNO4/c1-15(2,3)22-14(21)18-12-5-4-10(8-11(12)17)16(6-7-16)9-13(19)20/h4-5,8H,6-7,9H2,1-3H3,(H,18,21)(H,19,20). The maximum absolute atomic E-state index is 11.8. The van der Waals surface area contributed by atoms with E-state index in [1.54, 1.807) is 32.9 Å². The number of carboxylic acids is 1. The highest BCUT2D eigenvalue weighted by atomic mass is 35.5. The van der Waals surface area contributed by atoms with Gasteiger partial charge in [0.1, 0.15) is 5.60 Å². The summed E-state index contributed by atoms with van der Waals surface area (Å²) in [5.41, 5.74) is 0.455. The molecule has 5 nitrogen and oxygen atoms in total. The predicted molar refractivity (Wildman–Crippen MR) is 84.5 cm³/mol. The van der Waals surface area contributed by atoms with Crippen LogP contribution in [-0.4, -0.2) is 22.8 Å². The summed E-state index contributed by atoms with van der Waals surface area (Å²) >= 11 is 6.20. The fourth-order valence-corrected chi connectivity index (χ4v) is 2.60. The second-order valence-corrected chi connectivity index (χ2v) is 7.08. The molecule has 0 saturated heterocycles. The fraction of sp³-hybridized carbons (Fsp3) is 0.500. The van der Waals surface area contributed by atoms with Crippen molar-refractivity contribution in [3.05, 3.63) is 28.8 Å². The maximum Gasteiger partial charge on any atom is 0.412 e. The minimum Gasteiger partial charge on any atom is -0.481 e. The van der Waals surface area contributed by atoms with E-state index in [1.807, 2.05) is 6.07 Å². The van der Waals surface area contributed by atoms with Gasteiger partial charge < -0.3 is 9.84 Å². The van der Waals surface area contributed by atoms with Crippen LogP contribution in [0.1, 0.15) is 45.6 Å². The van der Waals surface area contributed by atoms with Crippen molar-refractivity contribution in [2.75, 3.05) is 5.32 Å². The molecule has 0 unspecified atom stereocenters. The first kappa shape index (κ1) is 16.6. The van der Waals surface area contributed by atoms with Crippen molar-refractivity contribution >= 4 is 29.4 Å². The van der Waals surface area contributed by atoms with Gasteiger partial charge in [-0.25, -0.2) is 4.79 Å². The number of rotatable bonds is 4. The van der Waals surface area contributed by atoms with Crippen molar-refractivity contribution in [1.82, 2.24) is 0 Å². The Morgan fingerprint density at radius 3 is 2.45 bits per heavy atom. The predicted octanol–water partition coefficient (Wildman–Crippen LogP) is 4.19. The molecular formula is C16H20ClNO4. The number of hydrogen-bond donors (Lipinski definition) is 2. The third-order valence-electron chi connectivity index (χ3n) is 3.56. The lowest BCUT2D eigenvalue weighted by atomic mass is 9.92. The quantitative estimate of drug-likeness (QED) is 0.870. The summed E-state index contributed by atoms with van der Waals surface area (Å²) in [6.45, 7) is 5.33. The Kier molecular flexibility index (Phi) is 4.38. The first-order valence-corrected chi connectivity index (χ1v) is 7.51. The zero-order valence-electron chi connectivity index (χ0n) is 12.9. The van der Waals surface area contributed by atoms with Crippen molar-refractivity contribution in [2.45, 2.75) is 51.0 Å². The van der Waals surface area contributed by atoms with Gasteiger partial charge in [0.05, 0.1) is 17.1 Å². The number of hydrogen-bond acceptors (Lipinski definition) is 3. The average molecular weight is 326 g/mol. The van der Waals surface area contributed by atoms with Gasteiger partial charge in [-0.1, -0.05) is 17.7 Å². The number of benzene rings is 1. The van der Waals surface area contributed by atoms with Gasteiger partial charge in [0, 0.05) is 5.41 Å². The van der Waals surface area contributed by atoms with Crippen molar-refractivity contribution in [3.63, 3.8) is 0 Å². The largest absolute Gasteiger partial charge is 0.481 e. The number of carboxylic acid groups (broad SMARTS) is 1. The smallest absolute Gasteiger partial charge is 0.412 e. The van der Waals surface area contributed by atoms with Gasteiger partial charge in [-0.05, 0) is 51.3 Å². The highest BCUT2D eigenvalue weighted by Gasteiger charge is 2.46. The molecule has 0 bridgehead atoms. The van der Waals surface area contributed by atoms with E-state index in [9.17, 15) is 9.59 Å². The van der Waals surface area contributed by atoms with Crippen LogP contribution in [0, 0.1) is 0 Å². The highest BCUT2D eigenvalue weighted by Crippen LogP contribution is 2.51. The fourth-order valence-electron chi connectivity index (χ4n) is 2.37. The van der Waals surface area contributed by atoms with Crippen LogP contribution >= 0.6 is 11.6 Å². The molecule has 2 N–H and O–H groups in total. The molecule has 1 aromatic rings. The van der Waals surface area contributed by atoms with Crippen LogP contribution in [0.4, 0.5) is 10.5 Å². The van der Waals surface area contributed by atoms with Crippen LogP contribution in [0.15, 0.2) is 18.2 Å². The minimum absolute atomic E-state index is 0.0994. The summed E-state index contributed by atoms with van der Waals surface area (Å²) < 4.78 is 5.17. The second kappa shape index (κ2) is 5.80. The van der Waals surface area contributed by atoms with Crippen molar-refractivity contribution in [3.8, 4) is 0 Å². The Morgan fingerprint density at radius 2 is 2.00 bits per heavy atom. The van der Waals surface area contributed by atoms with E-state index in [4.69, 9.17) is 21.4 Å². The molecule has 0 heterocycles. The topological polar surface area (TPSA) is 75.6 Å². The van der Waals surface area contributed by atoms with Crippen LogP contribution in [0.3, 0.4) is 0 Å². The molecule has 0 radical (unpaired) electrons. The molecule has 0 aromatic heterocycles. The Labute approximate surface area is 134 Å². The minimum atomic E-state index is -0.815. The molecule has 22 heavy (non-hydrogen) atoms. The number of aliphatic carboxylic acids is 1. The normalized spacial score (nSPS) is 16.0. The number of amides is 1. The molecule has 0 atom stereocenters. The summed E-state index contributed by atoms with van der Waals surface area (Å²) in [5.74, 6) is -0.815. The molecule has 1 fully saturated rings. The molecule has 6 heteroatoms. The molecule has 1 aliphatic rings. The summed E-state index contributed by atoms with van der Waals surface area (Å²) in [6, 6.07) is 5.22. The van der Waals surface area contributed by atoms with Gasteiger partial charge in [-0.2, -0.15) is 0 Å². The lowest BCUT2D eigenvalue weighted by Gasteiger charge is -2.20. The molecule has 1 aromatic carbocycles. The van der Waals surface area contributed by atoms with Gasteiger partial charge in [-0.3, -0.25) is 10.1 Å². The summed E-state index contributed by atoms with van der Waals surface area (Å²) in [5, 5.41) is 12.0. The van der Waals surface area contributed by atoms with Crippen LogP contribution in [0.5, 0.6) is 0 Å². The van der Waals surface area contributed by atoms with Gasteiger partial charge >= 0.3 is 12.1 Å². The van der Waals surface area contributed by atoms with Gasteiger partial charge in [0.15, 0.2) is 0 Å². The molecule has 1 saturated carbocycles. The number of carbonyl (C=O) groups excluding carboxylic acids is 1. The van der Waals surface area contributed by atoms with E-state index in [0.717, 1.165) is 18.4 Å². The number of carbonyl (C=O) groups is 2. The second-order valence-electron chi connectivity index (χ2n) is 6.67. The third-order valence-corrected chi connectivity index (χ3v) is 3.87. The lowest BCUT2D eigenvalue weighted by molar-refractivity contribution is -0.137. The van der Waals surface area contributed by atoms with E-state index in [1.165, 1.54) is 0 Å². The van der Waals surface area contributed by atoms with E-state index in [2.05, 4.69) is 5.32 Å². The van der Waals surface area contributed by atoms with E-state index in [0.29, 0.717) is 10.7 Å². The number of anilines is 1. The molecule has 0 spiro atoms. The summed E-state index contributed by atoms with van der Waals surface area (Å²) in [7, 11) is 0. The van der Waals surface area contributed by atoms with Crippen LogP contribution in [0.25, 0.3) is 0 Å². The zero-order valence-corrected chi connectivity index (χ0v) is 13.7. The first-order chi connectivity index (χ1) is 10.1. The molecule has 1 aliphatic carbocycles. The summed E-state index contributed by atoms with van der Waals surface area (Å²) in [6.07, 6.45) is 1.21. The highest BCUT2D eigenvalue weighted by molar-refractivity contribution is 6.33. The van der Waals surface area contributed by atoms with E-state index in [-0.39, 0.29) is 11.8 Å². The van der Waals surface area contributed by atoms with Crippen molar-refractivity contribution in [2.24, 2.45) is 0 Å². The molecular weight excluding hydrogens is 306 g/mol. The molecule has 2 rings (SSSR count). The monoisotopic (exact) mass is 325 g/mol. The number of ether oxygens (including phenoxy) is 1. The van der Waals surface area contributed by atoms with Gasteiger partial charge in [0.25, 0.3) is 0 Å². The van der Waals surface area contributed by atoms with Crippen molar-refractivity contribution < 1.29 is 19.4 Å². The Balaban J connectivity index is 2.11. The lowest BCUT2D eigenvalue weighted by Crippen LogP contribution is -2.27. The van der Waals surface area contributed by atoms with Crippen LogP contribution in [0.2, 0.25) is 5.02 Å². The maximum atomic E-state index is 11.8. The third kappa shape index (κ3) is 4.13. The number of nitrogens with one attached hydrogen (secondary N) is 1. The zero-order chi connectivity index (χ0) is 16.5. The average Bonchev–Trinajstić information content (AvgIpc) is 3.09. The molecule has 1 amide bonds. The van der Waals surface area contributed by atoms with Gasteiger partial charge in [0.2, 0.25) is 0 Å². The Hall–Kier alpha value is -1.75. The molecule has 120 valence electrons.